The predicted molar refractivity (Wildman–Crippen MR) is 66.5 cm³/mol. The molecule has 2 aromatic rings. The maximum absolute atomic E-state index is 11.7. The van der Waals surface area contributed by atoms with Gasteiger partial charge in [-0.15, -0.1) is 0 Å². The molecule has 1 aromatic carbocycles. The lowest BCUT2D eigenvalue weighted by molar-refractivity contribution is 0.0945. The van der Waals surface area contributed by atoms with Crippen LogP contribution in [0, 0.1) is 0 Å². The summed E-state index contributed by atoms with van der Waals surface area (Å²) in [5.41, 5.74) is 2.76. The number of aromatic nitrogens is 1. The molecule has 0 atom stereocenters. The van der Waals surface area contributed by atoms with Crippen LogP contribution in [0.1, 0.15) is 10.5 Å². The summed E-state index contributed by atoms with van der Waals surface area (Å²) in [5, 5.41) is 0.769. The van der Waals surface area contributed by atoms with Gasteiger partial charge in [-0.3, -0.25) is 10.2 Å². The van der Waals surface area contributed by atoms with E-state index in [2.05, 4.69) is 4.98 Å². The van der Waals surface area contributed by atoms with E-state index in [9.17, 15) is 4.79 Å². The normalized spacial score (nSPS) is 10.2. The molecule has 1 amide bonds. The number of rotatable bonds is 3. The van der Waals surface area contributed by atoms with E-state index < -0.39 is 5.91 Å². The number of benzene rings is 1. The lowest BCUT2D eigenvalue weighted by Crippen LogP contribution is -2.31. The highest BCUT2D eigenvalue weighted by Crippen LogP contribution is 2.36. The first-order valence-corrected chi connectivity index (χ1v) is 5.24. The second-order valence-corrected chi connectivity index (χ2v) is 3.52. The molecule has 6 heteroatoms. The Morgan fingerprint density at radius 2 is 1.89 bits per heavy atom. The van der Waals surface area contributed by atoms with Gasteiger partial charge in [-0.1, -0.05) is 12.1 Å². The summed E-state index contributed by atoms with van der Waals surface area (Å²) in [6.07, 6.45) is 0. The molecule has 0 aliphatic rings. The molecular weight excluding hydrogens is 234 g/mol. The van der Waals surface area contributed by atoms with Gasteiger partial charge in [-0.25, -0.2) is 10.8 Å². The number of carbonyl (C=O) groups excluding carboxylic acids is 1. The molecule has 1 heterocycles. The number of hydrazine groups is 1. The minimum atomic E-state index is -0.532. The number of para-hydroxylation sites is 1. The maximum atomic E-state index is 11.7. The van der Waals surface area contributed by atoms with Gasteiger partial charge in [-0.05, 0) is 12.1 Å². The third-order valence-corrected chi connectivity index (χ3v) is 2.56. The summed E-state index contributed by atoms with van der Waals surface area (Å²) >= 11 is 0. The van der Waals surface area contributed by atoms with Crippen LogP contribution in [0.2, 0.25) is 0 Å². The average Bonchev–Trinajstić information content (AvgIpc) is 2.44. The van der Waals surface area contributed by atoms with E-state index >= 15 is 0 Å². The number of pyridine rings is 1. The Balaban J connectivity index is 2.82. The van der Waals surface area contributed by atoms with Crippen molar-refractivity contribution in [1.82, 2.24) is 10.4 Å². The van der Waals surface area contributed by atoms with Gasteiger partial charge in [-0.2, -0.15) is 0 Å². The largest absolute Gasteiger partial charge is 0.492 e. The first-order chi connectivity index (χ1) is 8.72. The summed E-state index contributed by atoms with van der Waals surface area (Å²) in [4.78, 5) is 15.9. The second kappa shape index (κ2) is 4.89. The molecule has 0 fully saturated rings. The van der Waals surface area contributed by atoms with Crippen molar-refractivity contribution in [3.63, 3.8) is 0 Å². The Bertz CT molecular complexity index is 598. The SMILES string of the molecule is COc1c(C(=O)NN)nc2ccccc2c1OC. The van der Waals surface area contributed by atoms with Gasteiger partial charge in [0.1, 0.15) is 0 Å². The number of nitrogens with two attached hydrogens (primary N) is 1. The molecule has 0 aliphatic heterocycles. The molecule has 0 bridgehead atoms. The van der Waals surface area contributed by atoms with E-state index in [-0.39, 0.29) is 11.4 Å². The molecule has 1 aromatic heterocycles. The molecule has 2 rings (SSSR count). The van der Waals surface area contributed by atoms with Crippen LogP contribution in [0.5, 0.6) is 11.5 Å². The number of fused-ring (bicyclic) bond motifs is 1. The van der Waals surface area contributed by atoms with Crippen molar-refractivity contribution in [2.75, 3.05) is 14.2 Å². The van der Waals surface area contributed by atoms with Gasteiger partial charge >= 0.3 is 0 Å². The van der Waals surface area contributed by atoms with E-state index in [1.165, 1.54) is 14.2 Å². The molecule has 0 unspecified atom stereocenters. The molecule has 0 spiro atoms. The number of methoxy groups -OCH3 is 2. The summed E-state index contributed by atoms with van der Waals surface area (Å²) < 4.78 is 10.5. The number of hydrogen-bond donors (Lipinski definition) is 2. The fraction of sp³-hybridized carbons (Fsp3) is 0.167. The van der Waals surface area contributed by atoms with Crippen LogP contribution in [0.3, 0.4) is 0 Å². The summed E-state index contributed by atoms with van der Waals surface area (Å²) in [5.74, 6) is 5.32. The van der Waals surface area contributed by atoms with E-state index in [0.717, 1.165) is 5.39 Å². The van der Waals surface area contributed by atoms with Gasteiger partial charge in [0.25, 0.3) is 5.91 Å². The quantitative estimate of drug-likeness (QED) is 0.477. The van der Waals surface area contributed by atoms with Crippen LogP contribution < -0.4 is 20.7 Å². The van der Waals surface area contributed by atoms with Crippen molar-refractivity contribution in [2.24, 2.45) is 5.84 Å². The number of hydrogen-bond acceptors (Lipinski definition) is 5. The van der Waals surface area contributed by atoms with Crippen LogP contribution in [0.4, 0.5) is 0 Å². The third-order valence-electron chi connectivity index (χ3n) is 2.56. The lowest BCUT2D eigenvalue weighted by Gasteiger charge is -2.13. The van der Waals surface area contributed by atoms with Gasteiger partial charge in [0, 0.05) is 5.39 Å². The highest BCUT2D eigenvalue weighted by atomic mass is 16.5. The first kappa shape index (κ1) is 12.1. The number of carbonyl (C=O) groups is 1. The molecule has 0 saturated carbocycles. The van der Waals surface area contributed by atoms with Gasteiger partial charge in [0.05, 0.1) is 19.7 Å². The zero-order valence-electron chi connectivity index (χ0n) is 10.1. The maximum Gasteiger partial charge on any atom is 0.287 e. The number of nitrogens with one attached hydrogen (secondary N) is 1. The van der Waals surface area contributed by atoms with Gasteiger partial charge in [0.2, 0.25) is 0 Å². The minimum Gasteiger partial charge on any atom is -0.492 e. The predicted octanol–water partition coefficient (Wildman–Crippen LogP) is 0.855. The third kappa shape index (κ3) is 1.82. The molecule has 0 aliphatic carbocycles. The van der Waals surface area contributed by atoms with Crippen molar-refractivity contribution in [3.8, 4) is 11.5 Å². The monoisotopic (exact) mass is 247 g/mol. The van der Waals surface area contributed by atoms with Gasteiger partial charge < -0.3 is 9.47 Å². The molecule has 0 radical (unpaired) electrons. The number of ether oxygens (including phenoxy) is 2. The summed E-state index contributed by atoms with van der Waals surface area (Å²) in [7, 11) is 2.95. The van der Waals surface area contributed by atoms with Crippen LogP contribution in [-0.4, -0.2) is 25.1 Å². The Morgan fingerprint density at radius 3 is 2.50 bits per heavy atom. The topological polar surface area (TPSA) is 86.5 Å². The van der Waals surface area contributed by atoms with Crippen molar-refractivity contribution >= 4 is 16.8 Å². The molecule has 6 nitrogen and oxygen atoms in total. The average molecular weight is 247 g/mol. The van der Waals surface area contributed by atoms with Crippen molar-refractivity contribution in [2.45, 2.75) is 0 Å². The molecule has 0 saturated heterocycles. The number of amides is 1. The molecule has 18 heavy (non-hydrogen) atoms. The highest BCUT2D eigenvalue weighted by molar-refractivity contribution is 6.00. The standard InChI is InChI=1S/C12H13N3O3/c1-17-10-7-5-3-4-6-8(7)14-9(11(10)18-2)12(16)15-13/h3-6H,13H2,1-2H3,(H,15,16). The Labute approximate surface area is 104 Å². The number of nitrogen functional groups attached to an aromatic ring is 1. The zero-order chi connectivity index (χ0) is 13.1. The lowest BCUT2D eigenvalue weighted by atomic mass is 10.1. The number of nitrogens with zero attached hydrogens (tertiary/aromatic N) is 1. The van der Waals surface area contributed by atoms with Crippen molar-refractivity contribution < 1.29 is 14.3 Å². The van der Waals surface area contributed by atoms with Crippen molar-refractivity contribution in [3.05, 3.63) is 30.0 Å². The summed E-state index contributed by atoms with van der Waals surface area (Å²) in [6, 6.07) is 7.30. The Morgan fingerprint density at radius 1 is 1.22 bits per heavy atom. The van der Waals surface area contributed by atoms with E-state index in [0.29, 0.717) is 11.3 Å². The van der Waals surface area contributed by atoms with Crippen LogP contribution in [-0.2, 0) is 0 Å². The van der Waals surface area contributed by atoms with Crippen LogP contribution >= 0.6 is 0 Å². The second-order valence-electron chi connectivity index (χ2n) is 3.52. The minimum absolute atomic E-state index is 0.0931. The first-order valence-electron chi connectivity index (χ1n) is 5.24. The van der Waals surface area contributed by atoms with Crippen LogP contribution in [0.15, 0.2) is 24.3 Å². The van der Waals surface area contributed by atoms with Gasteiger partial charge in [0.15, 0.2) is 17.2 Å². The molecule has 3 N–H and O–H groups in total. The zero-order valence-corrected chi connectivity index (χ0v) is 10.1. The smallest absolute Gasteiger partial charge is 0.287 e. The van der Waals surface area contributed by atoms with Crippen LogP contribution in [0.25, 0.3) is 10.9 Å². The fourth-order valence-corrected chi connectivity index (χ4v) is 1.78. The fourth-order valence-electron chi connectivity index (χ4n) is 1.78. The molecular formula is C12H13N3O3. The van der Waals surface area contributed by atoms with Crippen molar-refractivity contribution in [1.29, 1.82) is 0 Å². The highest BCUT2D eigenvalue weighted by Gasteiger charge is 2.21. The molecule has 94 valence electrons. The van der Waals surface area contributed by atoms with E-state index in [4.69, 9.17) is 15.3 Å². The van der Waals surface area contributed by atoms with E-state index in [1.54, 1.807) is 6.07 Å². The van der Waals surface area contributed by atoms with E-state index in [1.807, 2.05) is 23.6 Å². The Hall–Kier alpha value is -2.34. The summed E-state index contributed by atoms with van der Waals surface area (Å²) in [6.45, 7) is 0. The Kier molecular flexibility index (Phi) is 3.29.